The number of benzene rings is 2. The lowest BCUT2D eigenvalue weighted by Gasteiger charge is -2.02. The number of hydrogen-bond acceptors (Lipinski definition) is 4. The Labute approximate surface area is 144 Å². The zero-order valence-corrected chi connectivity index (χ0v) is 14.1. The third-order valence-electron chi connectivity index (χ3n) is 3.19. The van der Waals surface area contributed by atoms with Crippen LogP contribution in [0.2, 0.25) is 5.02 Å². The molecule has 0 saturated carbocycles. The molecule has 116 valence electrons. The molecule has 0 aliphatic carbocycles. The van der Waals surface area contributed by atoms with Gasteiger partial charge in [-0.2, -0.15) is 9.78 Å². The molecule has 0 saturated heterocycles. The summed E-state index contributed by atoms with van der Waals surface area (Å²) in [5.74, 6) is 0.829. The molecule has 0 aliphatic rings. The van der Waals surface area contributed by atoms with Crippen LogP contribution in [0.3, 0.4) is 0 Å². The lowest BCUT2D eigenvalue weighted by Crippen LogP contribution is -1.92. The maximum absolute atomic E-state index is 5.87. The van der Waals surface area contributed by atoms with Gasteiger partial charge in [0.2, 0.25) is 5.16 Å². The lowest BCUT2D eigenvalue weighted by atomic mass is 10.2. The SMILES string of the molecule is Cc1ccc(CSc2nncn2/N=C/c2ccc(Cl)cc2)cc1. The standard InChI is InChI=1S/C17H15ClN4S/c1-13-2-4-15(5-3-13)11-23-17-21-19-12-22(17)20-10-14-6-8-16(18)9-7-14/h2-10,12H,11H2,1H3/b20-10+. The number of hydrogen-bond donors (Lipinski definition) is 0. The van der Waals surface area contributed by atoms with Crippen LogP contribution in [0.4, 0.5) is 0 Å². The van der Waals surface area contributed by atoms with E-state index in [0.29, 0.717) is 5.02 Å². The van der Waals surface area contributed by atoms with Gasteiger partial charge in [0, 0.05) is 10.8 Å². The summed E-state index contributed by atoms with van der Waals surface area (Å²) in [4.78, 5) is 0. The van der Waals surface area contributed by atoms with Crippen molar-refractivity contribution in [2.24, 2.45) is 5.10 Å². The van der Waals surface area contributed by atoms with Gasteiger partial charge in [0.1, 0.15) is 6.33 Å². The Kier molecular flexibility index (Phi) is 5.10. The molecule has 0 atom stereocenters. The van der Waals surface area contributed by atoms with Crippen LogP contribution in [0, 0.1) is 6.92 Å². The van der Waals surface area contributed by atoms with Gasteiger partial charge >= 0.3 is 0 Å². The summed E-state index contributed by atoms with van der Waals surface area (Å²) < 4.78 is 1.67. The number of aromatic nitrogens is 3. The molecule has 6 heteroatoms. The van der Waals surface area contributed by atoms with E-state index in [4.69, 9.17) is 11.6 Å². The first-order chi connectivity index (χ1) is 11.2. The second kappa shape index (κ2) is 7.44. The smallest absolute Gasteiger partial charge is 0.195 e. The average molecular weight is 343 g/mol. The van der Waals surface area contributed by atoms with Gasteiger partial charge < -0.3 is 0 Å². The molecule has 3 aromatic rings. The topological polar surface area (TPSA) is 43.1 Å². The predicted octanol–water partition coefficient (Wildman–Crippen LogP) is 4.41. The fourth-order valence-corrected chi connectivity index (χ4v) is 2.85. The quantitative estimate of drug-likeness (QED) is 0.509. The minimum absolute atomic E-state index is 0.709. The average Bonchev–Trinajstić information content (AvgIpc) is 3.01. The van der Waals surface area contributed by atoms with E-state index >= 15 is 0 Å². The van der Waals surface area contributed by atoms with E-state index in [1.54, 1.807) is 29.0 Å². The fraction of sp³-hybridized carbons (Fsp3) is 0.118. The van der Waals surface area contributed by atoms with Crippen molar-refractivity contribution in [1.29, 1.82) is 0 Å². The molecule has 0 spiro atoms. The van der Waals surface area contributed by atoms with E-state index in [1.807, 2.05) is 24.3 Å². The molecular weight excluding hydrogens is 328 g/mol. The van der Waals surface area contributed by atoms with E-state index in [9.17, 15) is 0 Å². The van der Waals surface area contributed by atoms with E-state index in [0.717, 1.165) is 16.5 Å². The Morgan fingerprint density at radius 3 is 2.61 bits per heavy atom. The summed E-state index contributed by atoms with van der Waals surface area (Å²) in [6, 6.07) is 16.0. The highest BCUT2D eigenvalue weighted by molar-refractivity contribution is 7.98. The van der Waals surface area contributed by atoms with Crippen molar-refractivity contribution in [3.05, 3.63) is 76.6 Å². The first-order valence-electron chi connectivity index (χ1n) is 7.09. The molecule has 0 aliphatic heterocycles. The van der Waals surface area contributed by atoms with Gasteiger partial charge in [0.15, 0.2) is 0 Å². The van der Waals surface area contributed by atoms with E-state index < -0.39 is 0 Å². The molecule has 1 aromatic heterocycles. The summed E-state index contributed by atoms with van der Waals surface area (Å²) in [6.07, 6.45) is 3.36. The molecule has 4 nitrogen and oxygen atoms in total. The minimum Gasteiger partial charge on any atom is -0.195 e. The second-order valence-corrected chi connectivity index (χ2v) is 6.41. The summed E-state index contributed by atoms with van der Waals surface area (Å²) >= 11 is 7.48. The number of rotatable bonds is 5. The number of aryl methyl sites for hydroxylation is 1. The number of halogens is 1. The van der Waals surface area contributed by atoms with Gasteiger partial charge in [-0.15, -0.1) is 10.2 Å². The Bertz CT molecular complexity index is 794. The highest BCUT2D eigenvalue weighted by Gasteiger charge is 2.04. The molecule has 0 N–H and O–H groups in total. The molecule has 0 unspecified atom stereocenters. The van der Waals surface area contributed by atoms with Crippen LogP contribution in [0.5, 0.6) is 0 Å². The highest BCUT2D eigenvalue weighted by Crippen LogP contribution is 2.20. The van der Waals surface area contributed by atoms with Gasteiger partial charge in [0.25, 0.3) is 0 Å². The van der Waals surface area contributed by atoms with Gasteiger partial charge in [-0.1, -0.05) is 65.3 Å². The Morgan fingerprint density at radius 2 is 1.87 bits per heavy atom. The summed E-state index contributed by atoms with van der Waals surface area (Å²) in [6.45, 7) is 2.08. The van der Waals surface area contributed by atoms with Crippen LogP contribution in [0.25, 0.3) is 0 Å². The first kappa shape index (κ1) is 15.8. The first-order valence-corrected chi connectivity index (χ1v) is 8.45. The van der Waals surface area contributed by atoms with Gasteiger partial charge in [-0.05, 0) is 30.2 Å². The number of nitrogens with zero attached hydrogens (tertiary/aromatic N) is 4. The van der Waals surface area contributed by atoms with Crippen molar-refractivity contribution in [1.82, 2.24) is 14.9 Å². The monoisotopic (exact) mass is 342 g/mol. The van der Waals surface area contributed by atoms with Crippen LogP contribution in [0.15, 0.2) is 65.1 Å². The van der Waals surface area contributed by atoms with E-state index in [2.05, 4.69) is 46.5 Å². The summed E-state index contributed by atoms with van der Waals surface area (Å²) in [5, 5.41) is 13.9. The molecular formula is C17H15ClN4S. The highest BCUT2D eigenvalue weighted by atomic mass is 35.5. The Balaban J connectivity index is 1.67. The fourth-order valence-electron chi connectivity index (χ4n) is 1.90. The largest absolute Gasteiger partial charge is 0.212 e. The molecule has 23 heavy (non-hydrogen) atoms. The maximum Gasteiger partial charge on any atom is 0.212 e. The van der Waals surface area contributed by atoms with Crippen molar-refractivity contribution < 1.29 is 0 Å². The van der Waals surface area contributed by atoms with E-state index in [1.165, 1.54) is 11.1 Å². The van der Waals surface area contributed by atoms with Crippen molar-refractivity contribution in [3.63, 3.8) is 0 Å². The van der Waals surface area contributed by atoms with Crippen LogP contribution >= 0.6 is 23.4 Å². The Morgan fingerprint density at radius 1 is 1.13 bits per heavy atom. The van der Waals surface area contributed by atoms with Crippen molar-refractivity contribution >= 4 is 29.6 Å². The molecule has 0 radical (unpaired) electrons. The van der Waals surface area contributed by atoms with Crippen LogP contribution in [0.1, 0.15) is 16.7 Å². The third-order valence-corrected chi connectivity index (χ3v) is 4.45. The summed E-state index contributed by atoms with van der Waals surface area (Å²) in [5.41, 5.74) is 3.48. The second-order valence-electron chi connectivity index (χ2n) is 5.03. The molecule has 0 amide bonds. The maximum atomic E-state index is 5.87. The Hall–Kier alpha value is -2.11. The van der Waals surface area contributed by atoms with Crippen molar-refractivity contribution in [2.45, 2.75) is 17.8 Å². The van der Waals surface area contributed by atoms with E-state index in [-0.39, 0.29) is 0 Å². The molecule has 2 aromatic carbocycles. The molecule has 1 heterocycles. The number of thioether (sulfide) groups is 1. The third kappa shape index (κ3) is 4.43. The minimum atomic E-state index is 0.709. The predicted molar refractivity (Wildman–Crippen MR) is 95.2 cm³/mol. The van der Waals surface area contributed by atoms with Crippen molar-refractivity contribution in [3.8, 4) is 0 Å². The van der Waals surface area contributed by atoms with Crippen LogP contribution < -0.4 is 0 Å². The van der Waals surface area contributed by atoms with Gasteiger partial charge in [-0.3, -0.25) is 0 Å². The molecule has 3 rings (SSSR count). The van der Waals surface area contributed by atoms with Gasteiger partial charge in [0.05, 0.1) is 6.21 Å². The van der Waals surface area contributed by atoms with Crippen LogP contribution in [-0.4, -0.2) is 21.1 Å². The normalized spacial score (nSPS) is 11.2. The zero-order chi connectivity index (χ0) is 16.1. The molecule has 0 bridgehead atoms. The zero-order valence-electron chi connectivity index (χ0n) is 12.6. The lowest BCUT2D eigenvalue weighted by molar-refractivity contribution is 0.767. The van der Waals surface area contributed by atoms with Crippen molar-refractivity contribution in [2.75, 3.05) is 0 Å². The van der Waals surface area contributed by atoms with Crippen LogP contribution in [-0.2, 0) is 5.75 Å². The van der Waals surface area contributed by atoms with Gasteiger partial charge in [-0.25, -0.2) is 0 Å². The summed E-state index contributed by atoms with van der Waals surface area (Å²) in [7, 11) is 0. The molecule has 0 fully saturated rings.